The number of amides is 1. The average Bonchev–Trinajstić information content (AvgIpc) is 2.65. The van der Waals surface area contributed by atoms with Crippen LogP contribution in [-0.4, -0.2) is 38.3 Å². The summed E-state index contributed by atoms with van der Waals surface area (Å²) >= 11 is 0. The van der Waals surface area contributed by atoms with Gasteiger partial charge in [0, 0.05) is 0 Å². The number of carbonyl (C=O) groups is 2. The molecular formula is C18H15F2NO6. The highest BCUT2D eigenvalue weighted by molar-refractivity contribution is 5.93. The number of ether oxygens (including phenoxy) is 4. The summed E-state index contributed by atoms with van der Waals surface area (Å²) in [5.74, 6) is -3.65. The Morgan fingerprint density at radius 1 is 1.22 bits per heavy atom. The molecule has 1 aliphatic heterocycles. The van der Waals surface area contributed by atoms with Crippen molar-refractivity contribution in [3.63, 3.8) is 0 Å². The summed E-state index contributed by atoms with van der Waals surface area (Å²) < 4.78 is 48.8. The molecule has 0 bridgehead atoms. The Morgan fingerprint density at radius 2 is 2.00 bits per heavy atom. The highest BCUT2D eigenvalue weighted by Gasteiger charge is 2.25. The van der Waals surface area contributed by atoms with Gasteiger partial charge in [0.25, 0.3) is 5.91 Å². The molecule has 7 nitrogen and oxygen atoms in total. The number of methoxy groups -OCH3 is 1. The molecule has 0 spiro atoms. The Balaban J connectivity index is 1.71. The Hall–Kier alpha value is -3.36. The minimum Gasteiger partial charge on any atom is -0.486 e. The predicted octanol–water partition coefficient (Wildman–Crippen LogP) is 2.07. The molecule has 1 unspecified atom stereocenters. The molecule has 2 aromatic carbocycles. The van der Waals surface area contributed by atoms with Crippen molar-refractivity contribution in [1.82, 2.24) is 0 Å². The fraction of sp³-hybridized carbons (Fsp3) is 0.222. The van der Waals surface area contributed by atoms with Gasteiger partial charge < -0.3 is 24.7 Å². The summed E-state index contributed by atoms with van der Waals surface area (Å²) in [6.45, 7) is -0.0429. The Bertz CT molecular complexity index is 902. The van der Waals surface area contributed by atoms with Crippen LogP contribution in [0.2, 0.25) is 0 Å². The molecule has 1 aliphatic rings. The van der Waals surface area contributed by atoms with E-state index in [2.05, 4.69) is 4.74 Å². The van der Waals surface area contributed by atoms with Crippen molar-refractivity contribution >= 4 is 11.9 Å². The van der Waals surface area contributed by atoms with Crippen LogP contribution in [0.25, 0.3) is 0 Å². The smallest absolute Gasteiger partial charge is 0.337 e. The molecule has 0 saturated carbocycles. The molecule has 0 radical (unpaired) electrons. The van der Waals surface area contributed by atoms with E-state index in [0.29, 0.717) is 11.5 Å². The third-order valence-corrected chi connectivity index (χ3v) is 3.81. The lowest BCUT2D eigenvalue weighted by atomic mass is 10.1. The van der Waals surface area contributed by atoms with Crippen molar-refractivity contribution in [2.75, 3.05) is 20.3 Å². The first-order chi connectivity index (χ1) is 12.9. The van der Waals surface area contributed by atoms with Crippen LogP contribution < -0.4 is 19.9 Å². The number of carbonyl (C=O) groups excluding carboxylic acids is 2. The van der Waals surface area contributed by atoms with Crippen molar-refractivity contribution in [2.24, 2.45) is 5.73 Å². The van der Waals surface area contributed by atoms with Gasteiger partial charge in [-0.15, -0.1) is 0 Å². The summed E-state index contributed by atoms with van der Waals surface area (Å²) in [6.07, 6.45) is -0.633. The van der Waals surface area contributed by atoms with Crippen molar-refractivity contribution in [1.29, 1.82) is 0 Å². The largest absolute Gasteiger partial charge is 0.486 e. The molecule has 1 amide bonds. The number of esters is 1. The number of halogens is 2. The van der Waals surface area contributed by atoms with Crippen LogP contribution in [0.15, 0.2) is 30.3 Å². The van der Waals surface area contributed by atoms with Crippen molar-refractivity contribution in [3.8, 4) is 17.2 Å². The number of nitrogens with two attached hydrogens (primary N) is 1. The van der Waals surface area contributed by atoms with Crippen molar-refractivity contribution < 1.29 is 37.3 Å². The molecule has 0 aromatic heterocycles. The van der Waals surface area contributed by atoms with Crippen LogP contribution >= 0.6 is 0 Å². The van der Waals surface area contributed by atoms with Gasteiger partial charge in [-0.25, -0.2) is 13.6 Å². The molecule has 2 aromatic rings. The SMILES string of the molecule is COC(=O)c1ccc2c(c1)OC(COc1ccc(F)c(C(N)=O)c1F)CO2. The van der Waals surface area contributed by atoms with Crippen LogP contribution in [0.1, 0.15) is 20.7 Å². The van der Waals surface area contributed by atoms with Gasteiger partial charge in [-0.05, 0) is 30.3 Å². The lowest BCUT2D eigenvalue weighted by Gasteiger charge is -2.26. The molecule has 2 N–H and O–H groups in total. The highest BCUT2D eigenvalue weighted by atomic mass is 19.1. The molecule has 1 atom stereocenters. The van der Waals surface area contributed by atoms with E-state index >= 15 is 0 Å². The second-order valence-electron chi connectivity index (χ2n) is 5.61. The summed E-state index contributed by atoms with van der Waals surface area (Å²) in [6, 6.07) is 6.48. The second-order valence-corrected chi connectivity index (χ2v) is 5.61. The first kappa shape index (κ1) is 18.4. The maximum absolute atomic E-state index is 14.2. The zero-order valence-electron chi connectivity index (χ0n) is 14.2. The van der Waals surface area contributed by atoms with Crippen molar-refractivity contribution in [2.45, 2.75) is 6.10 Å². The van der Waals surface area contributed by atoms with Crippen LogP contribution in [0.5, 0.6) is 17.2 Å². The van der Waals surface area contributed by atoms with Gasteiger partial charge in [-0.1, -0.05) is 0 Å². The number of hydrogen-bond donors (Lipinski definition) is 1. The van der Waals surface area contributed by atoms with Crippen LogP contribution in [0.4, 0.5) is 8.78 Å². The van der Waals surface area contributed by atoms with E-state index in [1.165, 1.54) is 19.2 Å². The normalized spacial score (nSPS) is 15.1. The van der Waals surface area contributed by atoms with E-state index in [1.54, 1.807) is 6.07 Å². The van der Waals surface area contributed by atoms with E-state index in [1.807, 2.05) is 0 Å². The Kier molecular flexibility index (Phi) is 5.11. The van der Waals surface area contributed by atoms with E-state index in [-0.39, 0.29) is 24.5 Å². The second kappa shape index (κ2) is 7.48. The van der Waals surface area contributed by atoms with Crippen LogP contribution in [0.3, 0.4) is 0 Å². The van der Waals surface area contributed by atoms with E-state index < -0.39 is 35.2 Å². The molecule has 9 heteroatoms. The number of fused-ring (bicyclic) bond motifs is 1. The summed E-state index contributed by atoms with van der Waals surface area (Å²) in [5, 5.41) is 0. The Labute approximate surface area is 152 Å². The van der Waals surface area contributed by atoms with Gasteiger partial charge in [0.1, 0.15) is 24.6 Å². The van der Waals surface area contributed by atoms with Gasteiger partial charge in [-0.3, -0.25) is 4.79 Å². The third-order valence-electron chi connectivity index (χ3n) is 3.81. The lowest BCUT2D eigenvalue weighted by Crippen LogP contribution is -2.34. The molecule has 3 rings (SSSR count). The molecular weight excluding hydrogens is 364 g/mol. The summed E-state index contributed by atoms with van der Waals surface area (Å²) in [7, 11) is 1.26. The minimum atomic E-state index is -1.24. The average molecular weight is 379 g/mol. The summed E-state index contributed by atoms with van der Waals surface area (Å²) in [4.78, 5) is 22.7. The lowest BCUT2D eigenvalue weighted by molar-refractivity contribution is 0.0511. The Morgan fingerprint density at radius 3 is 2.70 bits per heavy atom. The maximum atomic E-state index is 14.2. The van der Waals surface area contributed by atoms with Crippen LogP contribution in [0, 0.1) is 11.6 Å². The highest BCUT2D eigenvalue weighted by Crippen LogP contribution is 2.33. The monoisotopic (exact) mass is 379 g/mol. The maximum Gasteiger partial charge on any atom is 0.337 e. The molecule has 0 saturated heterocycles. The minimum absolute atomic E-state index is 0.107. The van der Waals surface area contributed by atoms with Gasteiger partial charge in [0.2, 0.25) is 0 Å². The van der Waals surface area contributed by atoms with Gasteiger partial charge in [0.05, 0.1) is 12.7 Å². The molecule has 0 fully saturated rings. The number of rotatable bonds is 5. The molecule has 1 heterocycles. The topological polar surface area (TPSA) is 97.1 Å². The standard InChI is InChI=1S/C18H15F2NO6/c1-24-18(23)9-2-4-12-14(6-9)27-10(7-25-12)8-26-13-5-3-11(19)15(16(13)20)17(21)22/h2-6,10H,7-8H2,1H3,(H2,21,22). The molecule has 27 heavy (non-hydrogen) atoms. The van der Waals surface area contributed by atoms with Gasteiger partial charge in [-0.2, -0.15) is 0 Å². The van der Waals surface area contributed by atoms with E-state index in [9.17, 15) is 18.4 Å². The van der Waals surface area contributed by atoms with E-state index in [4.69, 9.17) is 19.9 Å². The van der Waals surface area contributed by atoms with Crippen molar-refractivity contribution in [3.05, 3.63) is 53.1 Å². The third kappa shape index (κ3) is 3.76. The zero-order valence-corrected chi connectivity index (χ0v) is 14.2. The zero-order chi connectivity index (χ0) is 19.6. The fourth-order valence-electron chi connectivity index (χ4n) is 2.50. The molecule has 0 aliphatic carbocycles. The van der Waals surface area contributed by atoms with Gasteiger partial charge >= 0.3 is 5.97 Å². The summed E-state index contributed by atoms with van der Waals surface area (Å²) in [5.41, 5.74) is 4.37. The van der Waals surface area contributed by atoms with Gasteiger partial charge in [0.15, 0.2) is 29.2 Å². The number of hydrogen-bond acceptors (Lipinski definition) is 6. The number of benzene rings is 2. The number of primary amides is 1. The molecule has 142 valence electrons. The quantitative estimate of drug-likeness (QED) is 0.799. The fourth-order valence-corrected chi connectivity index (χ4v) is 2.50. The first-order valence-electron chi connectivity index (χ1n) is 7.83. The van der Waals surface area contributed by atoms with Crippen LogP contribution in [-0.2, 0) is 4.74 Å². The first-order valence-corrected chi connectivity index (χ1v) is 7.83. The van der Waals surface area contributed by atoms with E-state index in [0.717, 1.165) is 12.1 Å². The predicted molar refractivity (Wildman–Crippen MR) is 88.1 cm³/mol.